The molecule has 3 rings (SSSR count). The van der Waals surface area contributed by atoms with Crippen molar-refractivity contribution in [3.8, 4) is 22.8 Å². The normalized spacial score (nSPS) is 10.4. The summed E-state index contributed by atoms with van der Waals surface area (Å²) in [4.78, 5) is 9.22. The van der Waals surface area contributed by atoms with Crippen LogP contribution >= 0.6 is 0 Å². The largest absolute Gasteiger partial charge is 0.493 e. The number of methoxy groups -OCH3 is 3. The molecule has 0 atom stereocenters. The average Bonchev–Trinajstić information content (AvgIpc) is 2.74. The SMILES string of the molecule is COCCNc1cc(-c2ccccc2)nc(Nc2ccc(OC)c(OC)c2)n1. The van der Waals surface area contributed by atoms with Gasteiger partial charge in [0.05, 0.1) is 26.5 Å². The zero-order chi connectivity index (χ0) is 19.8. The quantitative estimate of drug-likeness (QED) is 0.544. The van der Waals surface area contributed by atoms with Crippen molar-refractivity contribution in [2.45, 2.75) is 0 Å². The minimum absolute atomic E-state index is 0.480. The number of nitrogens with one attached hydrogen (secondary N) is 2. The average molecular weight is 380 g/mol. The second-order valence-electron chi connectivity index (χ2n) is 5.94. The molecule has 0 aliphatic heterocycles. The number of aromatic nitrogens is 2. The van der Waals surface area contributed by atoms with Gasteiger partial charge in [0.2, 0.25) is 5.95 Å². The highest BCUT2D eigenvalue weighted by Gasteiger charge is 2.09. The van der Waals surface area contributed by atoms with Crippen molar-refractivity contribution < 1.29 is 14.2 Å². The van der Waals surface area contributed by atoms with Gasteiger partial charge in [0.15, 0.2) is 11.5 Å². The van der Waals surface area contributed by atoms with Crippen molar-refractivity contribution >= 4 is 17.5 Å². The molecule has 28 heavy (non-hydrogen) atoms. The van der Waals surface area contributed by atoms with Crippen molar-refractivity contribution in [3.05, 3.63) is 54.6 Å². The summed E-state index contributed by atoms with van der Waals surface area (Å²) in [5.74, 6) is 2.49. The monoisotopic (exact) mass is 380 g/mol. The van der Waals surface area contributed by atoms with E-state index in [9.17, 15) is 0 Å². The molecule has 0 saturated heterocycles. The van der Waals surface area contributed by atoms with E-state index in [1.54, 1.807) is 21.3 Å². The van der Waals surface area contributed by atoms with Gasteiger partial charge in [0.1, 0.15) is 5.82 Å². The van der Waals surface area contributed by atoms with Gasteiger partial charge in [-0.1, -0.05) is 30.3 Å². The van der Waals surface area contributed by atoms with Gasteiger partial charge in [-0.05, 0) is 12.1 Å². The number of hydrogen-bond acceptors (Lipinski definition) is 7. The van der Waals surface area contributed by atoms with E-state index in [-0.39, 0.29) is 0 Å². The lowest BCUT2D eigenvalue weighted by Crippen LogP contribution is -2.10. The van der Waals surface area contributed by atoms with Crippen LogP contribution in [0.2, 0.25) is 0 Å². The maximum Gasteiger partial charge on any atom is 0.229 e. The molecule has 0 fully saturated rings. The van der Waals surface area contributed by atoms with Crippen LogP contribution in [0, 0.1) is 0 Å². The summed E-state index contributed by atoms with van der Waals surface area (Å²) in [7, 11) is 4.88. The first-order valence-corrected chi connectivity index (χ1v) is 8.90. The molecule has 0 aliphatic rings. The van der Waals surface area contributed by atoms with Crippen LogP contribution in [-0.4, -0.2) is 44.4 Å². The van der Waals surface area contributed by atoms with Crippen molar-refractivity contribution in [2.24, 2.45) is 0 Å². The molecule has 0 spiro atoms. The molecule has 0 saturated carbocycles. The molecule has 0 radical (unpaired) electrons. The minimum atomic E-state index is 0.480. The Morgan fingerprint density at radius 3 is 2.36 bits per heavy atom. The van der Waals surface area contributed by atoms with Crippen molar-refractivity contribution in [2.75, 3.05) is 45.1 Å². The predicted molar refractivity (Wildman–Crippen MR) is 111 cm³/mol. The highest BCUT2D eigenvalue weighted by molar-refractivity contribution is 5.67. The first-order chi connectivity index (χ1) is 13.7. The standard InChI is InChI=1S/C21H24N4O3/c1-26-12-11-22-20-14-17(15-7-5-4-6-8-15)24-21(25-20)23-16-9-10-18(27-2)19(13-16)28-3/h4-10,13-14H,11-12H2,1-3H3,(H2,22,23,24,25). The number of hydrogen-bond donors (Lipinski definition) is 2. The van der Waals surface area contributed by atoms with Crippen molar-refractivity contribution in [3.63, 3.8) is 0 Å². The molecule has 3 aromatic rings. The Bertz CT molecular complexity index is 903. The van der Waals surface area contributed by atoms with Gasteiger partial charge < -0.3 is 24.8 Å². The van der Waals surface area contributed by atoms with Crippen LogP contribution in [0.3, 0.4) is 0 Å². The molecule has 0 unspecified atom stereocenters. The van der Waals surface area contributed by atoms with Crippen LogP contribution in [0.5, 0.6) is 11.5 Å². The molecule has 7 nitrogen and oxygen atoms in total. The van der Waals surface area contributed by atoms with E-state index in [2.05, 4.69) is 20.6 Å². The Balaban J connectivity index is 1.91. The lowest BCUT2D eigenvalue weighted by Gasteiger charge is -2.13. The smallest absolute Gasteiger partial charge is 0.229 e. The van der Waals surface area contributed by atoms with E-state index >= 15 is 0 Å². The summed E-state index contributed by atoms with van der Waals surface area (Å²) in [5.41, 5.74) is 2.62. The topological polar surface area (TPSA) is 77.5 Å². The van der Waals surface area contributed by atoms with Crippen LogP contribution in [0.1, 0.15) is 0 Å². The van der Waals surface area contributed by atoms with Gasteiger partial charge >= 0.3 is 0 Å². The lowest BCUT2D eigenvalue weighted by molar-refractivity contribution is 0.210. The molecule has 146 valence electrons. The fraction of sp³-hybridized carbons (Fsp3) is 0.238. The third-order valence-corrected chi connectivity index (χ3v) is 4.05. The van der Waals surface area contributed by atoms with Crippen LogP contribution in [0.4, 0.5) is 17.5 Å². The molecule has 1 aromatic heterocycles. The van der Waals surface area contributed by atoms with E-state index in [1.165, 1.54) is 0 Å². The van der Waals surface area contributed by atoms with E-state index in [0.717, 1.165) is 16.9 Å². The first kappa shape index (κ1) is 19.4. The van der Waals surface area contributed by atoms with Crippen molar-refractivity contribution in [1.29, 1.82) is 0 Å². The third-order valence-electron chi connectivity index (χ3n) is 4.05. The fourth-order valence-corrected chi connectivity index (χ4v) is 2.67. The highest BCUT2D eigenvalue weighted by Crippen LogP contribution is 2.31. The molecule has 7 heteroatoms. The molecular formula is C21H24N4O3. The van der Waals surface area contributed by atoms with Gasteiger partial charge in [-0.25, -0.2) is 4.98 Å². The van der Waals surface area contributed by atoms with Crippen LogP contribution in [-0.2, 0) is 4.74 Å². The van der Waals surface area contributed by atoms with Crippen LogP contribution < -0.4 is 20.1 Å². The van der Waals surface area contributed by atoms with E-state index in [1.807, 2.05) is 54.6 Å². The summed E-state index contributed by atoms with van der Waals surface area (Å²) in [6.45, 7) is 1.24. The van der Waals surface area contributed by atoms with Gasteiger partial charge in [-0.2, -0.15) is 4.98 Å². The van der Waals surface area contributed by atoms with Crippen LogP contribution in [0.15, 0.2) is 54.6 Å². The van der Waals surface area contributed by atoms with E-state index in [4.69, 9.17) is 14.2 Å². The summed E-state index contributed by atoms with van der Waals surface area (Å²) >= 11 is 0. The molecular weight excluding hydrogens is 356 g/mol. The van der Waals surface area contributed by atoms with E-state index < -0.39 is 0 Å². The minimum Gasteiger partial charge on any atom is -0.493 e. The fourth-order valence-electron chi connectivity index (χ4n) is 2.67. The third kappa shape index (κ3) is 4.89. The molecule has 0 amide bonds. The van der Waals surface area contributed by atoms with Crippen LogP contribution in [0.25, 0.3) is 11.3 Å². The Morgan fingerprint density at radius 2 is 1.64 bits per heavy atom. The second-order valence-corrected chi connectivity index (χ2v) is 5.94. The van der Waals surface area contributed by atoms with Gasteiger partial charge in [-0.3, -0.25) is 0 Å². The Labute approximate surface area is 164 Å². The maximum absolute atomic E-state index is 5.36. The zero-order valence-electron chi connectivity index (χ0n) is 16.2. The van der Waals surface area contributed by atoms with E-state index in [0.29, 0.717) is 36.4 Å². The molecule has 1 heterocycles. The molecule has 2 N–H and O–H groups in total. The maximum atomic E-state index is 5.36. The Hall–Kier alpha value is -3.32. The Kier molecular flexibility index (Phi) is 6.64. The predicted octanol–water partition coefficient (Wildman–Crippen LogP) is 3.96. The molecule has 0 bridgehead atoms. The molecule has 2 aromatic carbocycles. The van der Waals surface area contributed by atoms with Gasteiger partial charge in [0.25, 0.3) is 0 Å². The van der Waals surface area contributed by atoms with Crippen molar-refractivity contribution in [1.82, 2.24) is 9.97 Å². The first-order valence-electron chi connectivity index (χ1n) is 8.90. The summed E-state index contributed by atoms with van der Waals surface area (Å²) < 4.78 is 15.8. The zero-order valence-corrected chi connectivity index (χ0v) is 16.2. The summed E-state index contributed by atoms with van der Waals surface area (Å²) in [6, 6.07) is 17.5. The van der Waals surface area contributed by atoms with Gasteiger partial charge in [0, 0.05) is 37.0 Å². The summed E-state index contributed by atoms with van der Waals surface area (Å²) in [6.07, 6.45) is 0. The molecule has 0 aliphatic carbocycles. The highest BCUT2D eigenvalue weighted by atomic mass is 16.5. The summed E-state index contributed by atoms with van der Waals surface area (Å²) in [5, 5.41) is 6.50. The lowest BCUT2D eigenvalue weighted by atomic mass is 10.1. The number of rotatable bonds is 9. The number of benzene rings is 2. The van der Waals surface area contributed by atoms with Gasteiger partial charge in [-0.15, -0.1) is 0 Å². The number of ether oxygens (including phenoxy) is 3. The Morgan fingerprint density at radius 1 is 0.857 bits per heavy atom. The number of anilines is 3. The number of nitrogens with zero attached hydrogens (tertiary/aromatic N) is 2. The second kappa shape index (κ2) is 9.57.